The molecule has 0 atom stereocenters. The molecule has 0 saturated heterocycles. The summed E-state index contributed by atoms with van der Waals surface area (Å²) in [5.41, 5.74) is 4.58. The third-order valence-electron chi connectivity index (χ3n) is 6.25. The average Bonchev–Trinajstić information content (AvgIpc) is 3.42. The molecule has 0 unspecified atom stereocenters. The first kappa shape index (κ1) is 23.9. The number of amides is 2. The zero-order valence-electron chi connectivity index (χ0n) is 19.9. The SMILES string of the molecule is O=C(Nc1ccc(C(=O)N2Cc3cccnc3Oc3ccccc32)c(Cl)c1)c1ccccc1-c1ccsc1. The molecule has 0 radical (unpaired) electrons. The van der Waals surface area contributed by atoms with Crippen molar-refractivity contribution in [1.82, 2.24) is 4.98 Å². The number of aromatic nitrogens is 1. The van der Waals surface area contributed by atoms with E-state index < -0.39 is 0 Å². The largest absolute Gasteiger partial charge is 0.436 e. The summed E-state index contributed by atoms with van der Waals surface area (Å²) in [6, 6.07) is 25.3. The van der Waals surface area contributed by atoms with E-state index >= 15 is 0 Å². The van der Waals surface area contributed by atoms with E-state index in [0.717, 1.165) is 16.7 Å². The van der Waals surface area contributed by atoms with Crippen molar-refractivity contribution in [2.24, 2.45) is 0 Å². The third-order valence-corrected chi connectivity index (χ3v) is 7.24. The van der Waals surface area contributed by atoms with Gasteiger partial charge in [0.25, 0.3) is 11.8 Å². The number of carbonyl (C=O) groups excluding carboxylic acids is 2. The molecule has 2 amide bonds. The molecule has 1 aliphatic rings. The zero-order chi connectivity index (χ0) is 26.1. The van der Waals surface area contributed by atoms with Crippen LogP contribution in [0.1, 0.15) is 26.3 Å². The number of thiophene rings is 1. The van der Waals surface area contributed by atoms with Crippen molar-refractivity contribution in [3.05, 3.63) is 124 Å². The highest BCUT2D eigenvalue weighted by atomic mass is 35.5. The van der Waals surface area contributed by atoms with Gasteiger partial charge in [-0.05, 0) is 70.4 Å². The van der Waals surface area contributed by atoms with Crippen LogP contribution < -0.4 is 15.0 Å². The summed E-state index contributed by atoms with van der Waals surface area (Å²) in [6.07, 6.45) is 1.65. The van der Waals surface area contributed by atoms with Gasteiger partial charge in [0.15, 0.2) is 5.75 Å². The minimum atomic E-state index is -0.288. The van der Waals surface area contributed by atoms with Crippen molar-refractivity contribution in [1.29, 1.82) is 0 Å². The van der Waals surface area contributed by atoms with Crippen molar-refractivity contribution in [2.45, 2.75) is 6.54 Å². The maximum atomic E-state index is 13.8. The minimum absolute atomic E-state index is 0.230. The topological polar surface area (TPSA) is 71.5 Å². The first-order chi connectivity index (χ1) is 18.6. The first-order valence-electron chi connectivity index (χ1n) is 11.8. The van der Waals surface area contributed by atoms with Crippen molar-refractivity contribution >= 4 is 46.1 Å². The van der Waals surface area contributed by atoms with Gasteiger partial charge in [0.05, 0.1) is 22.8 Å². The number of carbonyl (C=O) groups is 2. The summed E-state index contributed by atoms with van der Waals surface area (Å²) in [5, 5.41) is 7.12. The van der Waals surface area contributed by atoms with Gasteiger partial charge in [-0.15, -0.1) is 0 Å². The second kappa shape index (κ2) is 10.1. The highest BCUT2D eigenvalue weighted by Crippen LogP contribution is 2.39. The fraction of sp³-hybridized carbons (Fsp3) is 0.0333. The predicted molar refractivity (Wildman–Crippen MR) is 150 cm³/mol. The van der Waals surface area contributed by atoms with Crippen LogP contribution >= 0.6 is 22.9 Å². The average molecular weight is 538 g/mol. The number of rotatable bonds is 4. The molecule has 5 aromatic rings. The Morgan fingerprint density at radius 2 is 1.79 bits per heavy atom. The van der Waals surface area contributed by atoms with Gasteiger partial charge in [-0.25, -0.2) is 4.98 Å². The lowest BCUT2D eigenvalue weighted by molar-refractivity contribution is 0.0984. The number of anilines is 2. The summed E-state index contributed by atoms with van der Waals surface area (Å²) in [7, 11) is 0. The number of ether oxygens (including phenoxy) is 1. The maximum absolute atomic E-state index is 13.8. The van der Waals surface area contributed by atoms with Crippen LogP contribution in [0.25, 0.3) is 11.1 Å². The van der Waals surface area contributed by atoms with Crippen molar-refractivity contribution < 1.29 is 14.3 Å². The van der Waals surface area contributed by atoms with Crippen LogP contribution in [0.2, 0.25) is 5.02 Å². The lowest BCUT2D eigenvalue weighted by atomic mass is 10.0. The van der Waals surface area contributed by atoms with E-state index in [1.54, 1.807) is 52.8 Å². The molecule has 0 bridgehead atoms. The van der Waals surface area contributed by atoms with Gasteiger partial charge in [-0.1, -0.05) is 48.0 Å². The Kier molecular flexibility index (Phi) is 6.37. The number of nitrogens with one attached hydrogen (secondary N) is 1. The van der Waals surface area contributed by atoms with Crippen LogP contribution in [0, 0.1) is 0 Å². The summed E-state index contributed by atoms with van der Waals surface area (Å²) in [5.74, 6) is 0.442. The number of hydrogen-bond donors (Lipinski definition) is 1. The highest BCUT2D eigenvalue weighted by molar-refractivity contribution is 7.08. The molecule has 3 aromatic carbocycles. The smallest absolute Gasteiger partial charge is 0.260 e. The van der Waals surface area contributed by atoms with Gasteiger partial charge < -0.3 is 15.0 Å². The maximum Gasteiger partial charge on any atom is 0.260 e. The van der Waals surface area contributed by atoms with E-state index in [4.69, 9.17) is 16.3 Å². The normalized spacial score (nSPS) is 12.1. The minimum Gasteiger partial charge on any atom is -0.436 e. The fourth-order valence-electron chi connectivity index (χ4n) is 4.40. The van der Waals surface area contributed by atoms with Crippen LogP contribution in [0.15, 0.2) is 102 Å². The molecule has 0 saturated carbocycles. The summed E-state index contributed by atoms with van der Waals surface area (Å²) >= 11 is 8.19. The number of nitrogens with zero attached hydrogens (tertiary/aromatic N) is 2. The van der Waals surface area contributed by atoms with Crippen molar-refractivity contribution in [2.75, 3.05) is 10.2 Å². The second-order valence-electron chi connectivity index (χ2n) is 8.64. The molecule has 0 fully saturated rings. The quantitative estimate of drug-likeness (QED) is 0.255. The number of benzene rings is 3. The van der Waals surface area contributed by atoms with Gasteiger partial charge in [0.1, 0.15) is 0 Å². The lowest BCUT2D eigenvalue weighted by Crippen LogP contribution is -2.30. The molecule has 8 heteroatoms. The fourth-order valence-corrected chi connectivity index (χ4v) is 5.32. The van der Waals surface area contributed by atoms with Gasteiger partial charge in [0, 0.05) is 23.0 Å². The Hall–Kier alpha value is -4.46. The van der Waals surface area contributed by atoms with Gasteiger partial charge in [-0.2, -0.15) is 11.3 Å². The second-order valence-corrected chi connectivity index (χ2v) is 9.82. The highest BCUT2D eigenvalue weighted by Gasteiger charge is 2.28. The monoisotopic (exact) mass is 537 g/mol. The van der Waals surface area contributed by atoms with E-state index in [2.05, 4.69) is 10.3 Å². The van der Waals surface area contributed by atoms with E-state index in [1.807, 2.05) is 65.4 Å². The standard InChI is InChI=1S/C30H20ClN3O3S/c31-25-16-21(33-28(35)23-8-2-1-7-22(23)20-13-15-38-18-20)11-12-24(25)30(36)34-17-19-6-5-14-32-29(19)37-27-10-4-3-9-26(27)34/h1-16,18H,17H2,(H,33,35). The number of para-hydroxylation sites is 2. The summed E-state index contributed by atoms with van der Waals surface area (Å²) < 4.78 is 6.01. The Morgan fingerprint density at radius 1 is 0.947 bits per heavy atom. The molecule has 0 spiro atoms. The van der Waals surface area contributed by atoms with E-state index in [-0.39, 0.29) is 23.4 Å². The molecule has 3 heterocycles. The first-order valence-corrected chi connectivity index (χ1v) is 13.2. The molecule has 6 nitrogen and oxygen atoms in total. The lowest BCUT2D eigenvalue weighted by Gasteiger charge is -2.22. The molecular weight excluding hydrogens is 518 g/mol. The number of pyridine rings is 1. The van der Waals surface area contributed by atoms with Gasteiger partial charge in [0.2, 0.25) is 5.88 Å². The van der Waals surface area contributed by atoms with Crippen LogP contribution in [0.3, 0.4) is 0 Å². The molecule has 38 heavy (non-hydrogen) atoms. The van der Waals surface area contributed by atoms with Crippen LogP contribution in [0.5, 0.6) is 11.6 Å². The molecule has 0 aliphatic carbocycles. The zero-order valence-corrected chi connectivity index (χ0v) is 21.5. The van der Waals surface area contributed by atoms with E-state index in [1.165, 1.54) is 0 Å². The molecule has 1 N–H and O–H groups in total. The van der Waals surface area contributed by atoms with E-state index in [9.17, 15) is 9.59 Å². The number of fused-ring (bicyclic) bond motifs is 2. The molecule has 2 aromatic heterocycles. The van der Waals surface area contributed by atoms with Crippen molar-refractivity contribution in [3.63, 3.8) is 0 Å². The molecule has 1 aliphatic heterocycles. The number of halogens is 1. The summed E-state index contributed by atoms with van der Waals surface area (Å²) in [4.78, 5) is 32.9. The van der Waals surface area contributed by atoms with Crippen molar-refractivity contribution in [3.8, 4) is 22.8 Å². The Bertz CT molecular complexity index is 1670. The van der Waals surface area contributed by atoms with Crippen LogP contribution in [0.4, 0.5) is 11.4 Å². The Balaban J connectivity index is 1.28. The van der Waals surface area contributed by atoms with E-state index in [0.29, 0.717) is 34.1 Å². The van der Waals surface area contributed by atoms with Gasteiger partial charge >= 0.3 is 0 Å². The van der Waals surface area contributed by atoms with Gasteiger partial charge in [-0.3, -0.25) is 9.59 Å². The third kappa shape index (κ3) is 4.53. The predicted octanol–water partition coefficient (Wildman–Crippen LogP) is 7.67. The Morgan fingerprint density at radius 3 is 2.63 bits per heavy atom. The summed E-state index contributed by atoms with van der Waals surface area (Å²) in [6.45, 7) is 0.271. The number of hydrogen-bond acceptors (Lipinski definition) is 5. The molecule has 6 rings (SSSR count). The van der Waals surface area contributed by atoms with Crippen LogP contribution in [-0.4, -0.2) is 16.8 Å². The van der Waals surface area contributed by atoms with Crippen LogP contribution in [-0.2, 0) is 6.54 Å². The molecule has 186 valence electrons. The molecular formula is C30H20ClN3O3S. The Labute approximate surface area is 228 Å².